The molecule has 0 aromatic heterocycles. The molecule has 3 nitrogen and oxygen atoms in total. The Bertz CT molecular complexity index is 446. The fourth-order valence-electron chi connectivity index (χ4n) is 1.29. The van der Waals surface area contributed by atoms with Crippen molar-refractivity contribution in [2.45, 2.75) is 19.0 Å². The maximum atomic E-state index is 11.8. The second-order valence-electron chi connectivity index (χ2n) is 3.70. The van der Waals surface area contributed by atoms with Gasteiger partial charge in [-0.15, -0.1) is 0 Å². The van der Waals surface area contributed by atoms with Gasteiger partial charge in [0.05, 0.1) is 24.5 Å². The highest BCUT2D eigenvalue weighted by molar-refractivity contribution is 5.78. The number of nitrogens with zero attached hydrogens (tertiary/aromatic N) is 1. The number of amides is 1. The number of benzene rings is 1. The molecule has 0 atom stereocenters. The van der Waals surface area contributed by atoms with Crippen LogP contribution in [0.25, 0.3) is 0 Å². The van der Waals surface area contributed by atoms with Gasteiger partial charge in [0, 0.05) is 6.54 Å². The van der Waals surface area contributed by atoms with E-state index in [-0.39, 0.29) is 6.42 Å². The zero-order chi connectivity index (χ0) is 13.6. The lowest BCUT2D eigenvalue weighted by Crippen LogP contribution is -2.29. The third-order valence-electron chi connectivity index (χ3n) is 2.18. The highest BCUT2D eigenvalue weighted by atomic mass is 19.4. The van der Waals surface area contributed by atoms with Gasteiger partial charge in [-0.2, -0.15) is 18.4 Å². The number of carbonyl (C=O) groups is 1. The Morgan fingerprint density at radius 3 is 2.39 bits per heavy atom. The van der Waals surface area contributed by atoms with Crippen LogP contribution in [-0.4, -0.2) is 18.6 Å². The molecule has 0 aliphatic carbocycles. The van der Waals surface area contributed by atoms with Crippen LogP contribution >= 0.6 is 0 Å². The maximum Gasteiger partial charge on any atom is 0.390 e. The first-order valence-electron chi connectivity index (χ1n) is 5.23. The summed E-state index contributed by atoms with van der Waals surface area (Å²) in [6.07, 6.45) is -5.29. The Balaban J connectivity index is 2.38. The monoisotopic (exact) mass is 256 g/mol. The van der Waals surface area contributed by atoms with Crippen molar-refractivity contribution < 1.29 is 18.0 Å². The van der Waals surface area contributed by atoms with Gasteiger partial charge in [0.25, 0.3) is 0 Å². The number of carbonyl (C=O) groups excluding carboxylic acids is 1. The first-order chi connectivity index (χ1) is 8.40. The zero-order valence-corrected chi connectivity index (χ0v) is 9.42. The number of halogens is 3. The van der Waals surface area contributed by atoms with Crippen LogP contribution in [0.5, 0.6) is 0 Å². The highest BCUT2D eigenvalue weighted by Crippen LogP contribution is 2.18. The molecule has 0 aliphatic heterocycles. The van der Waals surface area contributed by atoms with E-state index in [1.54, 1.807) is 24.3 Å². The summed E-state index contributed by atoms with van der Waals surface area (Å²) in [5.41, 5.74) is 1.12. The number of hydrogen-bond acceptors (Lipinski definition) is 2. The molecule has 0 saturated carbocycles. The van der Waals surface area contributed by atoms with Crippen molar-refractivity contribution in [3.8, 4) is 6.07 Å². The fourth-order valence-corrected chi connectivity index (χ4v) is 1.29. The molecule has 0 bridgehead atoms. The molecule has 1 amide bonds. The summed E-state index contributed by atoms with van der Waals surface area (Å²) in [4.78, 5) is 11.3. The van der Waals surface area contributed by atoms with Crippen molar-refractivity contribution in [2.24, 2.45) is 0 Å². The van der Waals surface area contributed by atoms with E-state index in [4.69, 9.17) is 5.26 Å². The summed E-state index contributed by atoms with van der Waals surface area (Å²) in [5, 5.41) is 10.8. The van der Waals surface area contributed by atoms with Crippen molar-refractivity contribution in [3.63, 3.8) is 0 Å². The summed E-state index contributed by atoms with van der Waals surface area (Å²) in [6, 6.07) is 8.24. The predicted molar refractivity (Wildman–Crippen MR) is 58.5 cm³/mol. The van der Waals surface area contributed by atoms with Crippen LogP contribution in [0.4, 0.5) is 13.2 Å². The normalized spacial score (nSPS) is 10.8. The predicted octanol–water partition coefficient (Wildman–Crippen LogP) is 2.17. The average Bonchev–Trinajstić information content (AvgIpc) is 2.28. The summed E-state index contributed by atoms with van der Waals surface area (Å²) >= 11 is 0. The zero-order valence-electron chi connectivity index (χ0n) is 9.42. The molecule has 96 valence electrons. The molecule has 1 aromatic carbocycles. The molecule has 0 aliphatic rings. The molecule has 0 spiro atoms. The second-order valence-corrected chi connectivity index (χ2v) is 3.70. The minimum Gasteiger partial charge on any atom is -0.355 e. The lowest BCUT2D eigenvalue weighted by Gasteiger charge is -2.07. The van der Waals surface area contributed by atoms with Crippen LogP contribution in [0.1, 0.15) is 17.5 Å². The van der Waals surface area contributed by atoms with E-state index >= 15 is 0 Å². The number of hydrogen-bond donors (Lipinski definition) is 1. The highest BCUT2D eigenvalue weighted by Gasteiger charge is 2.26. The van der Waals surface area contributed by atoms with Crippen molar-refractivity contribution in [1.82, 2.24) is 5.32 Å². The molecule has 0 unspecified atom stereocenters. The summed E-state index contributed by atoms with van der Waals surface area (Å²) in [7, 11) is 0. The van der Waals surface area contributed by atoms with Gasteiger partial charge in [0.2, 0.25) is 5.91 Å². The molecular formula is C12H11F3N2O. The van der Waals surface area contributed by atoms with E-state index in [2.05, 4.69) is 5.32 Å². The first kappa shape index (κ1) is 14.0. The van der Waals surface area contributed by atoms with E-state index < -0.39 is 25.0 Å². The number of rotatable bonds is 4. The Morgan fingerprint density at radius 1 is 1.28 bits per heavy atom. The van der Waals surface area contributed by atoms with Gasteiger partial charge < -0.3 is 5.32 Å². The number of nitriles is 1. The minimum atomic E-state index is -4.26. The van der Waals surface area contributed by atoms with E-state index in [1.807, 2.05) is 6.07 Å². The third kappa shape index (κ3) is 5.34. The van der Waals surface area contributed by atoms with Crippen LogP contribution in [0.3, 0.4) is 0 Å². The van der Waals surface area contributed by atoms with Crippen LogP contribution in [0.15, 0.2) is 24.3 Å². The topological polar surface area (TPSA) is 52.9 Å². The maximum absolute atomic E-state index is 11.8. The number of alkyl halides is 3. The summed E-state index contributed by atoms with van der Waals surface area (Å²) in [6.45, 7) is -0.418. The van der Waals surface area contributed by atoms with Crippen molar-refractivity contribution in [1.29, 1.82) is 5.26 Å². The number of nitrogens with one attached hydrogen (secondary N) is 1. The van der Waals surface area contributed by atoms with Gasteiger partial charge in [0.1, 0.15) is 0 Å². The van der Waals surface area contributed by atoms with Gasteiger partial charge in [-0.25, -0.2) is 0 Å². The molecule has 0 radical (unpaired) electrons. The second kappa shape index (κ2) is 6.05. The Kier molecular flexibility index (Phi) is 4.72. The third-order valence-corrected chi connectivity index (χ3v) is 2.18. The van der Waals surface area contributed by atoms with Crippen LogP contribution < -0.4 is 5.32 Å². The lowest BCUT2D eigenvalue weighted by atomic mass is 10.1. The van der Waals surface area contributed by atoms with Crippen molar-refractivity contribution >= 4 is 5.91 Å². The van der Waals surface area contributed by atoms with E-state index in [1.165, 1.54) is 0 Å². The lowest BCUT2D eigenvalue weighted by molar-refractivity contribution is -0.135. The van der Waals surface area contributed by atoms with Crippen LogP contribution in [0, 0.1) is 11.3 Å². The molecule has 6 heteroatoms. The summed E-state index contributed by atoms with van der Waals surface area (Å²) in [5.74, 6) is -0.469. The van der Waals surface area contributed by atoms with E-state index in [0.29, 0.717) is 11.1 Å². The van der Waals surface area contributed by atoms with Gasteiger partial charge in [0.15, 0.2) is 0 Å². The van der Waals surface area contributed by atoms with Crippen molar-refractivity contribution in [2.75, 3.05) is 6.54 Å². The Morgan fingerprint density at radius 2 is 1.89 bits per heavy atom. The molecule has 1 rings (SSSR count). The molecule has 0 saturated heterocycles. The largest absolute Gasteiger partial charge is 0.390 e. The van der Waals surface area contributed by atoms with Gasteiger partial charge in [-0.05, 0) is 17.7 Å². The molecule has 1 aromatic rings. The van der Waals surface area contributed by atoms with E-state index in [0.717, 1.165) is 0 Å². The van der Waals surface area contributed by atoms with Gasteiger partial charge in [-0.1, -0.05) is 12.1 Å². The average molecular weight is 256 g/mol. The SMILES string of the molecule is N#Cc1ccc(CC(=O)NCCC(F)(F)F)cc1. The first-order valence-corrected chi connectivity index (χ1v) is 5.23. The quantitative estimate of drug-likeness (QED) is 0.897. The minimum absolute atomic E-state index is 0.00354. The molecule has 1 N–H and O–H groups in total. The van der Waals surface area contributed by atoms with Gasteiger partial charge in [-0.3, -0.25) is 4.79 Å². The standard InChI is InChI=1S/C12H11F3N2O/c13-12(14,15)5-6-17-11(18)7-9-1-3-10(8-16)4-2-9/h1-4H,5-7H2,(H,17,18). The Hall–Kier alpha value is -2.03. The fraction of sp³-hybridized carbons (Fsp3) is 0.333. The van der Waals surface area contributed by atoms with Crippen LogP contribution in [0.2, 0.25) is 0 Å². The summed E-state index contributed by atoms with van der Waals surface area (Å²) < 4.78 is 35.5. The molecule has 18 heavy (non-hydrogen) atoms. The van der Waals surface area contributed by atoms with Crippen molar-refractivity contribution in [3.05, 3.63) is 35.4 Å². The molecule has 0 heterocycles. The van der Waals surface area contributed by atoms with Gasteiger partial charge >= 0.3 is 6.18 Å². The van der Waals surface area contributed by atoms with E-state index in [9.17, 15) is 18.0 Å². The smallest absolute Gasteiger partial charge is 0.355 e. The molecular weight excluding hydrogens is 245 g/mol. The molecule has 0 fully saturated rings. The Labute approximate surface area is 102 Å². The van der Waals surface area contributed by atoms with Crippen LogP contribution in [-0.2, 0) is 11.2 Å².